The van der Waals surface area contributed by atoms with E-state index in [-0.39, 0.29) is 17.1 Å². The predicted molar refractivity (Wildman–Crippen MR) is 75.0 cm³/mol. The van der Waals surface area contributed by atoms with Crippen LogP contribution in [0, 0.1) is 11.3 Å². The third-order valence-electron chi connectivity index (χ3n) is 3.04. The van der Waals surface area contributed by atoms with Gasteiger partial charge in [-0.3, -0.25) is 0 Å². The standard InChI is InChI=1S/C14H9N5O2/c15-7-9-12(14(20)21)18-19(13(9)16)11-6-5-8-3-1-2-4-10(8)17-11/h1-6H,16H2,(H,20,21). The van der Waals surface area contributed by atoms with E-state index in [1.807, 2.05) is 30.3 Å². The number of nitrogen functional groups attached to an aromatic ring is 1. The molecule has 102 valence electrons. The summed E-state index contributed by atoms with van der Waals surface area (Å²) in [5.41, 5.74) is 5.97. The first-order chi connectivity index (χ1) is 10.1. The highest BCUT2D eigenvalue weighted by molar-refractivity contribution is 5.90. The van der Waals surface area contributed by atoms with Gasteiger partial charge in [-0.1, -0.05) is 18.2 Å². The molecule has 0 bridgehead atoms. The smallest absolute Gasteiger partial charge is 0.357 e. The number of fused-ring (bicyclic) bond motifs is 1. The van der Waals surface area contributed by atoms with E-state index in [4.69, 9.17) is 16.1 Å². The van der Waals surface area contributed by atoms with Crippen LogP contribution >= 0.6 is 0 Å². The Hall–Kier alpha value is -3.40. The number of carboxylic acid groups (broad SMARTS) is 1. The largest absolute Gasteiger partial charge is 0.476 e. The van der Waals surface area contributed by atoms with Crippen molar-refractivity contribution in [3.05, 3.63) is 47.7 Å². The summed E-state index contributed by atoms with van der Waals surface area (Å²) in [7, 11) is 0. The molecule has 0 aliphatic rings. The average molecular weight is 279 g/mol. The monoisotopic (exact) mass is 279 g/mol. The lowest BCUT2D eigenvalue weighted by molar-refractivity contribution is 0.0689. The molecule has 0 aliphatic heterocycles. The van der Waals surface area contributed by atoms with Crippen LogP contribution in [0.4, 0.5) is 5.82 Å². The fourth-order valence-corrected chi connectivity index (χ4v) is 2.04. The fraction of sp³-hybridized carbons (Fsp3) is 0. The molecule has 2 aromatic heterocycles. The number of aromatic nitrogens is 3. The van der Waals surface area contributed by atoms with Gasteiger partial charge in [0.2, 0.25) is 0 Å². The minimum atomic E-state index is -1.31. The Morgan fingerprint density at radius 2 is 2.05 bits per heavy atom. The Morgan fingerprint density at radius 3 is 2.71 bits per heavy atom. The zero-order valence-electron chi connectivity index (χ0n) is 10.7. The molecular formula is C14H9N5O2. The highest BCUT2D eigenvalue weighted by Crippen LogP contribution is 2.21. The van der Waals surface area contributed by atoms with Crippen LogP contribution in [0.3, 0.4) is 0 Å². The minimum absolute atomic E-state index is 0.0438. The van der Waals surface area contributed by atoms with Crippen LogP contribution in [-0.2, 0) is 0 Å². The fourth-order valence-electron chi connectivity index (χ4n) is 2.04. The molecule has 0 fully saturated rings. The van der Waals surface area contributed by atoms with Gasteiger partial charge in [0.25, 0.3) is 0 Å². The predicted octanol–water partition coefficient (Wildman–Crippen LogP) is 1.57. The number of nitrogens with zero attached hydrogens (tertiary/aromatic N) is 4. The summed E-state index contributed by atoms with van der Waals surface area (Å²) in [5.74, 6) is -0.995. The molecule has 0 saturated heterocycles. The van der Waals surface area contributed by atoms with Crippen molar-refractivity contribution in [2.45, 2.75) is 0 Å². The van der Waals surface area contributed by atoms with E-state index < -0.39 is 5.97 Å². The first-order valence-corrected chi connectivity index (χ1v) is 6.00. The van der Waals surface area contributed by atoms with Crippen molar-refractivity contribution in [1.29, 1.82) is 5.26 Å². The first-order valence-electron chi connectivity index (χ1n) is 6.00. The van der Waals surface area contributed by atoms with Crippen molar-refractivity contribution in [3.63, 3.8) is 0 Å². The second-order valence-corrected chi connectivity index (χ2v) is 4.30. The number of aromatic carboxylic acids is 1. The maximum absolute atomic E-state index is 11.1. The summed E-state index contributed by atoms with van der Waals surface area (Å²) in [5, 5.41) is 22.9. The molecule has 7 nitrogen and oxygen atoms in total. The topological polar surface area (TPSA) is 118 Å². The van der Waals surface area contributed by atoms with Crippen LogP contribution in [0.1, 0.15) is 16.1 Å². The number of carbonyl (C=O) groups is 1. The number of benzene rings is 1. The van der Waals surface area contributed by atoms with Gasteiger partial charge in [-0.05, 0) is 18.2 Å². The number of hydrogen-bond acceptors (Lipinski definition) is 5. The molecule has 0 spiro atoms. The van der Waals surface area contributed by atoms with E-state index >= 15 is 0 Å². The Kier molecular flexibility index (Phi) is 2.77. The van der Waals surface area contributed by atoms with E-state index in [1.165, 1.54) is 0 Å². The summed E-state index contributed by atoms with van der Waals surface area (Å²) in [6.07, 6.45) is 0. The maximum Gasteiger partial charge on any atom is 0.357 e. The van der Waals surface area contributed by atoms with Crippen LogP contribution in [0.2, 0.25) is 0 Å². The van der Waals surface area contributed by atoms with Crippen molar-refractivity contribution in [2.24, 2.45) is 0 Å². The van der Waals surface area contributed by atoms with Crippen LogP contribution in [-0.4, -0.2) is 25.8 Å². The molecule has 3 N–H and O–H groups in total. The second kappa shape index (κ2) is 4.61. The number of carboxylic acids is 1. The Labute approximate surface area is 118 Å². The van der Waals surface area contributed by atoms with Crippen molar-refractivity contribution < 1.29 is 9.90 Å². The van der Waals surface area contributed by atoms with Crippen molar-refractivity contribution in [2.75, 3.05) is 5.73 Å². The summed E-state index contributed by atoms with van der Waals surface area (Å²) in [6.45, 7) is 0. The lowest BCUT2D eigenvalue weighted by Gasteiger charge is -2.04. The molecule has 0 amide bonds. The molecule has 0 atom stereocenters. The van der Waals surface area contributed by atoms with Crippen LogP contribution in [0.25, 0.3) is 16.7 Å². The SMILES string of the molecule is N#Cc1c(C(=O)O)nn(-c2ccc3ccccc3n2)c1N. The molecule has 21 heavy (non-hydrogen) atoms. The van der Waals surface area contributed by atoms with Crippen LogP contribution in [0.15, 0.2) is 36.4 Å². The zero-order chi connectivity index (χ0) is 15.0. The van der Waals surface area contributed by atoms with Gasteiger partial charge in [-0.2, -0.15) is 15.0 Å². The van der Waals surface area contributed by atoms with Gasteiger partial charge in [-0.25, -0.2) is 9.78 Å². The third kappa shape index (κ3) is 1.95. The second-order valence-electron chi connectivity index (χ2n) is 4.30. The Balaban J connectivity index is 2.23. The van der Waals surface area contributed by atoms with Gasteiger partial charge in [-0.15, -0.1) is 0 Å². The van der Waals surface area contributed by atoms with E-state index in [9.17, 15) is 4.79 Å². The molecule has 0 radical (unpaired) electrons. The van der Waals surface area contributed by atoms with Crippen LogP contribution in [0.5, 0.6) is 0 Å². The average Bonchev–Trinajstić information content (AvgIpc) is 2.83. The summed E-state index contributed by atoms with van der Waals surface area (Å²) in [6, 6.07) is 12.7. The van der Waals surface area contributed by atoms with Gasteiger partial charge in [0.05, 0.1) is 5.52 Å². The van der Waals surface area contributed by atoms with Gasteiger partial charge in [0, 0.05) is 5.39 Å². The van der Waals surface area contributed by atoms with Crippen molar-refractivity contribution >= 4 is 22.7 Å². The molecule has 1 aromatic carbocycles. The number of nitriles is 1. The van der Waals surface area contributed by atoms with Gasteiger partial charge in [0.15, 0.2) is 11.5 Å². The Morgan fingerprint density at radius 1 is 1.29 bits per heavy atom. The summed E-state index contributed by atoms with van der Waals surface area (Å²) in [4.78, 5) is 15.5. The molecular weight excluding hydrogens is 270 g/mol. The molecule has 0 aliphatic carbocycles. The molecule has 0 unspecified atom stereocenters. The van der Waals surface area contributed by atoms with E-state index in [0.717, 1.165) is 15.6 Å². The first kappa shape index (κ1) is 12.6. The van der Waals surface area contributed by atoms with E-state index in [1.54, 1.807) is 12.1 Å². The highest BCUT2D eigenvalue weighted by Gasteiger charge is 2.22. The van der Waals surface area contributed by atoms with E-state index in [0.29, 0.717) is 5.82 Å². The molecule has 3 aromatic rings. The molecule has 2 heterocycles. The highest BCUT2D eigenvalue weighted by atomic mass is 16.4. The maximum atomic E-state index is 11.1. The number of pyridine rings is 1. The van der Waals surface area contributed by atoms with Gasteiger partial charge in [0.1, 0.15) is 17.5 Å². The number of anilines is 1. The summed E-state index contributed by atoms with van der Waals surface area (Å²) < 4.78 is 1.16. The van der Waals surface area contributed by atoms with Crippen molar-refractivity contribution in [1.82, 2.24) is 14.8 Å². The molecule has 0 saturated carbocycles. The lowest BCUT2D eigenvalue weighted by Crippen LogP contribution is -2.05. The lowest BCUT2D eigenvalue weighted by atomic mass is 10.2. The summed E-state index contributed by atoms with van der Waals surface area (Å²) >= 11 is 0. The van der Waals surface area contributed by atoms with Crippen molar-refractivity contribution in [3.8, 4) is 11.9 Å². The van der Waals surface area contributed by atoms with Gasteiger partial charge >= 0.3 is 5.97 Å². The van der Waals surface area contributed by atoms with Gasteiger partial charge < -0.3 is 10.8 Å². The third-order valence-corrected chi connectivity index (χ3v) is 3.04. The quantitative estimate of drug-likeness (QED) is 0.735. The number of para-hydroxylation sites is 1. The molecule has 7 heteroatoms. The van der Waals surface area contributed by atoms with Crippen LogP contribution < -0.4 is 5.73 Å². The number of rotatable bonds is 2. The van der Waals surface area contributed by atoms with E-state index in [2.05, 4.69) is 10.1 Å². The number of nitrogens with two attached hydrogens (primary N) is 1. The Bertz CT molecular complexity index is 907. The normalized spacial score (nSPS) is 10.4. The zero-order valence-corrected chi connectivity index (χ0v) is 10.7. The molecule has 3 rings (SSSR count). The minimum Gasteiger partial charge on any atom is -0.476 e. The number of hydrogen-bond donors (Lipinski definition) is 2.